The van der Waals surface area contributed by atoms with E-state index in [0.29, 0.717) is 24.6 Å². The van der Waals surface area contributed by atoms with Crippen molar-refractivity contribution in [1.82, 2.24) is 0 Å². The second-order valence-electron chi connectivity index (χ2n) is 11.0. The lowest BCUT2D eigenvalue weighted by atomic mass is 10.1. The summed E-state index contributed by atoms with van der Waals surface area (Å²) in [6.07, 6.45) is 0.953. The van der Waals surface area contributed by atoms with Crippen LogP contribution < -0.4 is 4.74 Å². The molecule has 21 nitrogen and oxygen atoms in total. The highest BCUT2D eigenvalue weighted by Crippen LogP contribution is 2.22. The van der Waals surface area contributed by atoms with Gasteiger partial charge in [0.2, 0.25) is 0 Å². The van der Waals surface area contributed by atoms with Gasteiger partial charge in [0.05, 0.1) is 7.11 Å². The summed E-state index contributed by atoms with van der Waals surface area (Å²) in [5.41, 5.74) is 0.842. The lowest BCUT2D eigenvalue weighted by molar-refractivity contribution is 0.409. The average molecular weight is 1090 g/mol. The lowest BCUT2D eigenvalue weighted by Crippen LogP contribution is -2.57. The van der Waals surface area contributed by atoms with E-state index < -0.39 is 163 Å². The van der Waals surface area contributed by atoms with Gasteiger partial charge in [0.1, 0.15) is 13.3 Å². The third kappa shape index (κ3) is 13.3. The molecule has 0 aliphatic heterocycles. The highest BCUT2D eigenvalue weighted by Gasteiger charge is 2.56. The molecule has 42 heteroatoms. The number of rotatable bonds is 25. The second kappa shape index (κ2) is 23.2. The summed E-state index contributed by atoms with van der Waals surface area (Å²) in [6, 6.07) is 7.41. The second-order valence-corrected chi connectivity index (χ2v) is 114. The summed E-state index contributed by atoms with van der Waals surface area (Å²) in [7, 11) is -82.0. The van der Waals surface area contributed by atoms with Gasteiger partial charge in [-0.1, -0.05) is 43.8 Å². The molecule has 0 unspecified atom stereocenters. The van der Waals surface area contributed by atoms with Gasteiger partial charge in [0.15, 0.2) is 0 Å². The van der Waals surface area contributed by atoms with Gasteiger partial charge in [0.25, 0.3) is 0 Å². The van der Waals surface area contributed by atoms with E-state index in [0.717, 1.165) is 5.56 Å². The molecule has 0 atom stereocenters. The van der Waals surface area contributed by atoms with Crippen LogP contribution in [0.2, 0.25) is 19.1 Å². The lowest BCUT2D eigenvalue weighted by Gasteiger charge is -2.18. The Labute approximate surface area is 329 Å². The number of para-hydroxylation sites is 1. The summed E-state index contributed by atoms with van der Waals surface area (Å²) in [5.74, 6) is 0.611. The molecule has 1 rings (SSSR count). The number of methoxy groups -OCH3 is 1. The first kappa shape index (κ1) is 51.6. The number of benzene rings is 1. The minimum Gasteiger partial charge on any atom is -0.496 e. The van der Waals surface area contributed by atoms with Crippen molar-refractivity contribution >= 4 is 163 Å². The summed E-state index contributed by atoms with van der Waals surface area (Å²) in [4.78, 5) is 0. The minimum absolute atomic E-state index is 0.323. The molecule has 0 N–H and O–H groups in total. The van der Waals surface area contributed by atoms with Crippen LogP contribution in [0.1, 0.15) is 12.0 Å². The Morgan fingerprint density at radius 1 is 0.481 bits per heavy atom. The molecule has 0 aromatic heterocycles. The molecule has 0 amide bonds. The maximum Gasteiger partial charge on any atom is 0.381 e. The van der Waals surface area contributed by atoms with Crippen molar-refractivity contribution in [1.29, 1.82) is 0 Å². The molecule has 0 bridgehead atoms. The van der Waals surface area contributed by atoms with Crippen molar-refractivity contribution in [3.8, 4) is 5.75 Å². The molecule has 0 fully saturated rings. The molecule has 0 spiro atoms. The number of hydrogen-bond acceptors (Lipinski definition) is 21. The van der Waals surface area contributed by atoms with Crippen molar-refractivity contribution in [3.63, 3.8) is 0 Å². The maximum atomic E-state index is 13.2. The Balaban J connectivity index is 2.97. The fourth-order valence-electron chi connectivity index (χ4n) is 3.87. The van der Waals surface area contributed by atoms with Gasteiger partial charge in [-0.3, -0.25) is 0 Å². The van der Waals surface area contributed by atoms with Crippen LogP contribution in [0.25, 0.3) is 0 Å². The normalized spacial score (nSPS) is 10.4. The van der Waals surface area contributed by atoms with Crippen LogP contribution in [0.4, 0.5) is 0 Å². The Hall–Kier alpha value is -0.425. The Morgan fingerprint density at radius 3 is 1.09 bits per heavy atom. The topological polar surface area (TPSA) is 351 Å². The van der Waals surface area contributed by atoms with Crippen molar-refractivity contribution in [2.24, 2.45) is 0 Å². The molecule has 278 valence electrons. The van der Waals surface area contributed by atoms with Gasteiger partial charge in [-0.15, -0.1) is 0 Å². The molecule has 54 heavy (non-hydrogen) atoms. The smallest absolute Gasteiger partial charge is 0.381 e. The van der Waals surface area contributed by atoms with Crippen LogP contribution in [-0.4, -0.2) is 170 Å². The average Bonchev–Trinajstić information content (AvgIpc) is 3.17. The maximum absolute atomic E-state index is 13.2. The molecule has 0 heterocycles. The first-order chi connectivity index (χ1) is 24.9. The van der Waals surface area contributed by atoms with Crippen molar-refractivity contribution < 1.29 is 94.0 Å². The number of aryl methyl sites for hydroxylation is 1. The Bertz CT molecular complexity index is 2130. The highest BCUT2D eigenvalue weighted by atomic mass is 30.1. The van der Waals surface area contributed by atoms with Gasteiger partial charge in [-0.05, 0) is 18.1 Å². The van der Waals surface area contributed by atoms with Gasteiger partial charge >= 0.3 is 156 Å². The van der Waals surface area contributed by atoms with Crippen LogP contribution in [0.3, 0.4) is 0 Å². The zero-order valence-corrected chi connectivity index (χ0v) is 48.7. The van der Waals surface area contributed by atoms with E-state index in [1.165, 1.54) is 7.11 Å². The molecule has 1 aromatic rings. The van der Waals surface area contributed by atoms with E-state index >= 15 is 0 Å². The highest BCUT2D eigenvalue weighted by molar-refractivity contribution is 7.83. The zero-order chi connectivity index (χ0) is 42.0. The van der Waals surface area contributed by atoms with E-state index in [1.54, 1.807) is 31.3 Å². The van der Waals surface area contributed by atoms with Crippen LogP contribution in [0.5, 0.6) is 5.75 Å². The van der Waals surface area contributed by atoms with E-state index in [9.17, 15) is 89.2 Å². The van der Waals surface area contributed by atoms with Crippen molar-refractivity contribution in [3.05, 3.63) is 29.8 Å². The van der Waals surface area contributed by atoms with Gasteiger partial charge in [-0.2, -0.15) is 0 Å². The third-order valence-corrected chi connectivity index (χ3v) is 167. The fourth-order valence-corrected chi connectivity index (χ4v) is 236. The van der Waals surface area contributed by atoms with E-state index in [2.05, 4.69) is 0 Å². The third-order valence-electron chi connectivity index (χ3n) is 6.89. The molecule has 1 aromatic carbocycles. The van der Waals surface area contributed by atoms with Crippen molar-refractivity contribution in [2.45, 2.75) is 32.0 Å². The quantitative estimate of drug-likeness (QED) is 0.0821. The number of hydrogen-bond donors (Lipinski definition) is 0. The van der Waals surface area contributed by atoms with Crippen LogP contribution >= 0.6 is 0 Å². The van der Waals surface area contributed by atoms with Gasteiger partial charge < -0.3 is 94.0 Å². The Morgan fingerprint density at radius 2 is 0.778 bits per heavy atom. The van der Waals surface area contributed by atoms with E-state index in [4.69, 9.17) is 4.74 Å². The summed E-state index contributed by atoms with van der Waals surface area (Å²) in [6.45, 7) is 3.19. The summed E-state index contributed by atoms with van der Waals surface area (Å²) < 4.78 is 254. The summed E-state index contributed by atoms with van der Waals surface area (Å²) in [5, 5.41) is 0. The molecule has 0 radical (unpaired) electrons. The predicted molar refractivity (Wildman–Crippen MR) is 194 cm³/mol. The SMILES string of the molecule is COc1ccccc1CCC[Si](C)(C)[Si](=O)[Si](=O)[Si](=O)[Si](=O)[Si](=O)[Si](=O)[Si](=O)[Si](=O)[Si](=O)[Si](=O)[Si](=O)[Si](=O)[Si](=O)[Si](=O)[Si](=O)[Si](=O)[Si](=O)[Si](=O)[Si](=O)[SiH]=O. The molecule has 0 saturated heterocycles. The molecule has 0 saturated carbocycles. The van der Waals surface area contributed by atoms with Crippen molar-refractivity contribution in [2.75, 3.05) is 7.11 Å². The van der Waals surface area contributed by atoms with Gasteiger partial charge in [-0.25, -0.2) is 0 Å². The monoisotopic (exact) mass is 1090 g/mol. The zero-order valence-electron chi connectivity index (χ0n) is 27.6. The predicted octanol–water partition coefficient (Wildman–Crippen LogP) is -6.88. The first-order valence-corrected chi connectivity index (χ1v) is 65.5. The van der Waals surface area contributed by atoms with E-state index in [-0.39, 0.29) is 0 Å². The molecular weight excluding hydrogens is 1070 g/mol. The number of ether oxygens (including phenoxy) is 1. The molecule has 0 aliphatic rings. The summed E-state index contributed by atoms with van der Waals surface area (Å²) >= 11 is 0. The standard InChI is InChI=1S/C12H20O21Si21/c1-33-12-9-5-4-7-11(12)8-6-10-54(2,3)53(32)52(31)51(30)50(29)49(28)48(27)47(26)46(25)45(24)44(23)43(22)42(21)41(20)40(19)39(18)38(17)37(16)36(15)35(14)34-13/h4-5,7,9,34H,6,8,10H2,1-3H3. The Kier molecular flexibility index (Phi) is 22.2. The fraction of sp³-hybridized carbons (Fsp3) is 0.500. The van der Waals surface area contributed by atoms with Crippen LogP contribution in [0.15, 0.2) is 24.3 Å². The van der Waals surface area contributed by atoms with Gasteiger partial charge in [0, 0.05) is 0 Å². The van der Waals surface area contributed by atoms with E-state index in [1.807, 2.05) is 6.07 Å². The van der Waals surface area contributed by atoms with Crippen LogP contribution in [0, 0.1) is 0 Å². The molecular formula is C12H20O21Si21. The molecule has 0 aliphatic carbocycles. The van der Waals surface area contributed by atoms with Crippen LogP contribution in [-0.2, 0) is 95.7 Å². The minimum atomic E-state index is -4.44. The first-order valence-electron chi connectivity index (χ1n) is 14.3. The largest absolute Gasteiger partial charge is 0.496 e.